The van der Waals surface area contributed by atoms with Gasteiger partial charge in [-0.15, -0.1) is 0 Å². The van der Waals surface area contributed by atoms with Crippen LogP contribution >= 0.6 is 15.9 Å². The predicted octanol–water partition coefficient (Wildman–Crippen LogP) is 4.38. The lowest BCUT2D eigenvalue weighted by Gasteiger charge is -2.17. The van der Waals surface area contributed by atoms with Crippen molar-refractivity contribution in [3.63, 3.8) is 0 Å². The molecule has 2 aromatic rings. The Hall–Kier alpha value is -1.81. The van der Waals surface area contributed by atoms with Gasteiger partial charge >= 0.3 is 5.97 Å². The van der Waals surface area contributed by atoms with E-state index in [2.05, 4.69) is 15.9 Å². The van der Waals surface area contributed by atoms with Gasteiger partial charge in [-0.2, -0.15) is 0 Å². The summed E-state index contributed by atoms with van der Waals surface area (Å²) in [5.74, 6) is 0.767. The van der Waals surface area contributed by atoms with E-state index in [9.17, 15) is 4.79 Å². The van der Waals surface area contributed by atoms with E-state index in [-0.39, 0.29) is 11.6 Å². The molecule has 1 heterocycles. The first-order valence-electron chi connectivity index (χ1n) is 6.73. The van der Waals surface area contributed by atoms with E-state index < -0.39 is 0 Å². The minimum absolute atomic E-state index is 0.261. The van der Waals surface area contributed by atoms with Crippen LogP contribution in [0.25, 0.3) is 0 Å². The van der Waals surface area contributed by atoms with E-state index in [1.807, 2.05) is 38.1 Å². The molecule has 0 aromatic heterocycles. The third-order valence-electron chi connectivity index (χ3n) is 3.34. The second kappa shape index (κ2) is 5.19. The highest BCUT2D eigenvalue weighted by molar-refractivity contribution is 9.10. The van der Waals surface area contributed by atoms with E-state index in [1.54, 1.807) is 18.2 Å². The number of carbonyl (C=O) groups excluding carboxylic acids is 1. The van der Waals surface area contributed by atoms with Crippen molar-refractivity contribution in [1.29, 1.82) is 0 Å². The summed E-state index contributed by atoms with van der Waals surface area (Å²) in [5, 5.41) is 0. The molecule has 108 valence electrons. The Morgan fingerprint density at radius 3 is 2.62 bits per heavy atom. The zero-order chi connectivity index (χ0) is 15.0. The molecule has 1 aliphatic rings. The summed E-state index contributed by atoms with van der Waals surface area (Å²) in [6, 6.07) is 12.7. The molecular weight excluding hydrogens is 332 g/mol. The van der Waals surface area contributed by atoms with Crippen LogP contribution in [0.1, 0.15) is 29.8 Å². The van der Waals surface area contributed by atoms with Crippen molar-refractivity contribution in [3.05, 3.63) is 58.1 Å². The molecule has 3 rings (SSSR count). The SMILES string of the molecule is CC1(C)Cc2cccc(OC(=O)c3ccc(Br)cc3)c2O1. The van der Waals surface area contributed by atoms with E-state index in [4.69, 9.17) is 9.47 Å². The summed E-state index contributed by atoms with van der Waals surface area (Å²) in [4.78, 5) is 12.2. The average Bonchev–Trinajstić information content (AvgIpc) is 2.74. The summed E-state index contributed by atoms with van der Waals surface area (Å²) in [5.41, 5.74) is 1.32. The first-order chi connectivity index (χ1) is 9.94. The van der Waals surface area contributed by atoms with Crippen LogP contribution in [0.5, 0.6) is 11.5 Å². The summed E-state index contributed by atoms with van der Waals surface area (Å²) >= 11 is 3.34. The van der Waals surface area contributed by atoms with Crippen LogP contribution in [0, 0.1) is 0 Å². The van der Waals surface area contributed by atoms with Crippen LogP contribution in [0.4, 0.5) is 0 Å². The van der Waals surface area contributed by atoms with E-state index >= 15 is 0 Å². The molecule has 0 N–H and O–H groups in total. The van der Waals surface area contributed by atoms with Crippen molar-refractivity contribution in [3.8, 4) is 11.5 Å². The molecule has 1 aliphatic heterocycles. The minimum Gasteiger partial charge on any atom is -0.483 e. The van der Waals surface area contributed by atoms with Crippen molar-refractivity contribution >= 4 is 21.9 Å². The van der Waals surface area contributed by atoms with Crippen molar-refractivity contribution in [2.24, 2.45) is 0 Å². The number of benzene rings is 2. The van der Waals surface area contributed by atoms with Gasteiger partial charge in [0.15, 0.2) is 11.5 Å². The van der Waals surface area contributed by atoms with Crippen LogP contribution in [-0.2, 0) is 6.42 Å². The Bertz CT molecular complexity index is 690. The summed E-state index contributed by atoms with van der Waals surface area (Å²) in [6.45, 7) is 4.04. The first kappa shape index (κ1) is 14.1. The van der Waals surface area contributed by atoms with Gasteiger partial charge in [0.2, 0.25) is 0 Å². The van der Waals surface area contributed by atoms with Crippen molar-refractivity contribution < 1.29 is 14.3 Å². The van der Waals surface area contributed by atoms with Crippen LogP contribution in [0.15, 0.2) is 46.9 Å². The van der Waals surface area contributed by atoms with Crippen LogP contribution in [0.3, 0.4) is 0 Å². The Balaban J connectivity index is 1.85. The molecule has 4 heteroatoms. The van der Waals surface area contributed by atoms with Gasteiger partial charge in [-0.25, -0.2) is 4.79 Å². The monoisotopic (exact) mass is 346 g/mol. The highest BCUT2D eigenvalue weighted by Gasteiger charge is 2.32. The Labute approximate surface area is 132 Å². The highest BCUT2D eigenvalue weighted by Crippen LogP contribution is 2.41. The second-order valence-corrected chi connectivity index (χ2v) is 6.60. The molecule has 0 amide bonds. The number of para-hydroxylation sites is 1. The van der Waals surface area contributed by atoms with Gasteiger partial charge in [0.05, 0.1) is 5.56 Å². The molecule has 0 bridgehead atoms. The quantitative estimate of drug-likeness (QED) is 0.597. The number of hydrogen-bond acceptors (Lipinski definition) is 3. The van der Waals surface area contributed by atoms with Crippen molar-refractivity contribution in [2.45, 2.75) is 25.9 Å². The summed E-state index contributed by atoms with van der Waals surface area (Å²) in [7, 11) is 0. The highest BCUT2D eigenvalue weighted by atomic mass is 79.9. The largest absolute Gasteiger partial charge is 0.483 e. The van der Waals surface area contributed by atoms with Gasteiger partial charge in [-0.3, -0.25) is 0 Å². The molecular formula is C17H15BrO3. The van der Waals surface area contributed by atoms with Gasteiger partial charge in [0.25, 0.3) is 0 Å². The van der Waals surface area contributed by atoms with Gasteiger partial charge < -0.3 is 9.47 Å². The number of rotatable bonds is 2. The van der Waals surface area contributed by atoms with E-state index in [0.29, 0.717) is 17.1 Å². The van der Waals surface area contributed by atoms with Crippen molar-refractivity contribution in [2.75, 3.05) is 0 Å². The molecule has 0 fully saturated rings. The molecule has 0 aliphatic carbocycles. The first-order valence-corrected chi connectivity index (χ1v) is 7.53. The number of hydrogen-bond donors (Lipinski definition) is 0. The number of halogens is 1. The van der Waals surface area contributed by atoms with Gasteiger partial charge in [-0.1, -0.05) is 28.1 Å². The normalized spacial score (nSPS) is 15.2. The van der Waals surface area contributed by atoms with Gasteiger partial charge in [-0.05, 0) is 44.2 Å². The summed E-state index contributed by atoms with van der Waals surface area (Å²) < 4.78 is 12.3. The predicted molar refractivity (Wildman–Crippen MR) is 84.0 cm³/mol. The molecule has 0 radical (unpaired) electrons. The Morgan fingerprint density at radius 1 is 1.19 bits per heavy atom. The lowest BCUT2D eigenvalue weighted by atomic mass is 10.0. The van der Waals surface area contributed by atoms with Gasteiger partial charge in [0.1, 0.15) is 5.60 Å². The minimum atomic E-state index is -0.385. The molecule has 0 unspecified atom stereocenters. The maximum absolute atomic E-state index is 12.2. The summed E-state index contributed by atoms with van der Waals surface area (Å²) in [6.07, 6.45) is 0.812. The Morgan fingerprint density at radius 2 is 1.90 bits per heavy atom. The molecule has 21 heavy (non-hydrogen) atoms. The lowest BCUT2D eigenvalue weighted by molar-refractivity contribution is 0.0716. The van der Waals surface area contributed by atoms with E-state index in [1.165, 1.54) is 0 Å². The molecule has 0 saturated carbocycles. The maximum Gasteiger partial charge on any atom is 0.343 e. The lowest BCUT2D eigenvalue weighted by Crippen LogP contribution is -2.24. The van der Waals surface area contributed by atoms with Crippen LogP contribution in [-0.4, -0.2) is 11.6 Å². The zero-order valence-electron chi connectivity index (χ0n) is 11.9. The standard InChI is InChI=1S/C17H15BrO3/c1-17(2)10-12-4-3-5-14(15(12)21-17)20-16(19)11-6-8-13(18)9-7-11/h3-9H,10H2,1-2H3. The number of ether oxygens (including phenoxy) is 2. The maximum atomic E-state index is 12.2. The Kier molecular flexibility index (Phi) is 3.49. The number of carbonyl (C=O) groups is 1. The third kappa shape index (κ3) is 2.95. The number of esters is 1. The smallest absolute Gasteiger partial charge is 0.343 e. The fourth-order valence-corrected chi connectivity index (χ4v) is 2.68. The molecule has 0 saturated heterocycles. The van der Waals surface area contributed by atoms with Crippen LogP contribution in [0.2, 0.25) is 0 Å². The zero-order valence-corrected chi connectivity index (χ0v) is 13.4. The fraction of sp³-hybridized carbons (Fsp3) is 0.235. The average molecular weight is 347 g/mol. The van der Waals surface area contributed by atoms with Crippen LogP contribution < -0.4 is 9.47 Å². The second-order valence-electron chi connectivity index (χ2n) is 5.68. The number of fused-ring (bicyclic) bond motifs is 1. The molecule has 2 aromatic carbocycles. The molecule has 3 nitrogen and oxygen atoms in total. The van der Waals surface area contributed by atoms with E-state index in [0.717, 1.165) is 16.5 Å². The van der Waals surface area contributed by atoms with Gasteiger partial charge in [0, 0.05) is 16.5 Å². The molecule has 0 spiro atoms. The van der Waals surface area contributed by atoms with Crippen molar-refractivity contribution in [1.82, 2.24) is 0 Å². The topological polar surface area (TPSA) is 35.5 Å². The fourth-order valence-electron chi connectivity index (χ4n) is 2.41. The third-order valence-corrected chi connectivity index (χ3v) is 3.87. The molecule has 0 atom stereocenters.